The van der Waals surface area contributed by atoms with Gasteiger partial charge in [-0.3, -0.25) is 5.84 Å². The van der Waals surface area contributed by atoms with Gasteiger partial charge in [0.1, 0.15) is 11.3 Å². The third kappa shape index (κ3) is 2.06. The molecule has 0 unspecified atom stereocenters. The smallest absolute Gasteiger partial charge is 0.149 e. The minimum Gasteiger partial charge on any atom is -0.323 e. The van der Waals surface area contributed by atoms with Crippen molar-refractivity contribution in [2.24, 2.45) is 5.84 Å². The van der Waals surface area contributed by atoms with Gasteiger partial charge < -0.3 is 5.43 Å². The van der Waals surface area contributed by atoms with Crippen LogP contribution in [0.3, 0.4) is 0 Å². The molecule has 3 N–H and O–H groups in total. The predicted octanol–water partition coefficient (Wildman–Crippen LogP) is 3.63. The predicted molar refractivity (Wildman–Crippen MR) is 75.5 cm³/mol. The Hall–Kier alpha value is -1.68. The number of nitrogen functional groups attached to an aromatic ring is 1. The number of benzene rings is 1. The molecule has 0 atom stereocenters. The lowest BCUT2D eigenvalue weighted by atomic mass is 10.00. The van der Waals surface area contributed by atoms with Crippen molar-refractivity contribution in [3.05, 3.63) is 35.3 Å². The van der Waals surface area contributed by atoms with Crippen LogP contribution in [0.2, 0.25) is 0 Å². The third-order valence-electron chi connectivity index (χ3n) is 4.07. The normalized spacial score (nSPS) is 16.2. The summed E-state index contributed by atoms with van der Waals surface area (Å²) in [5.74, 6) is 5.76. The van der Waals surface area contributed by atoms with Crippen molar-refractivity contribution < 1.29 is 4.39 Å². The number of nitrogens with one attached hydrogen (secondary N) is 1. The van der Waals surface area contributed by atoms with Gasteiger partial charge in [-0.2, -0.15) is 0 Å². The number of hydrogen-bond donors (Lipinski definition) is 2. The number of pyridine rings is 1. The van der Waals surface area contributed by atoms with Gasteiger partial charge >= 0.3 is 0 Å². The summed E-state index contributed by atoms with van der Waals surface area (Å²) in [5, 5.41) is 0.782. The van der Waals surface area contributed by atoms with Crippen LogP contribution in [0.1, 0.15) is 42.9 Å². The molecule has 1 aliphatic carbocycles. The summed E-state index contributed by atoms with van der Waals surface area (Å²) in [7, 11) is 0. The lowest BCUT2D eigenvalue weighted by Crippen LogP contribution is -2.10. The van der Waals surface area contributed by atoms with Crippen molar-refractivity contribution >= 4 is 16.6 Å². The molecule has 19 heavy (non-hydrogen) atoms. The Labute approximate surface area is 112 Å². The molecule has 2 aromatic rings. The van der Waals surface area contributed by atoms with Gasteiger partial charge in [0.2, 0.25) is 0 Å². The highest BCUT2D eigenvalue weighted by Crippen LogP contribution is 2.36. The van der Waals surface area contributed by atoms with E-state index in [9.17, 15) is 4.39 Å². The van der Waals surface area contributed by atoms with Gasteiger partial charge in [-0.25, -0.2) is 9.37 Å². The van der Waals surface area contributed by atoms with Crippen molar-refractivity contribution in [1.29, 1.82) is 0 Å². The van der Waals surface area contributed by atoms with Gasteiger partial charge in [-0.05, 0) is 37.5 Å². The maximum atomic E-state index is 14.0. The fourth-order valence-electron chi connectivity index (χ4n) is 3.04. The highest BCUT2D eigenvalue weighted by Gasteiger charge is 2.21. The van der Waals surface area contributed by atoms with E-state index in [2.05, 4.69) is 10.4 Å². The Morgan fingerprint density at radius 3 is 2.74 bits per heavy atom. The highest BCUT2D eigenvalue weighted by atomic mass is 19.1. The molecule has 4 heteroatoms. The van der Waals surface area contributed by atoms with E-state index in [1.165, 1.54) is 18.9 Å². The largest absolute Gasteiger partial charge is 0.323 e. The number of rotatable bonds is 2. The summed E-state index contributed by atoms with van der Waals surface area (Å²) in [6, 6.07) is 5.21. The number of aromatic nitrogens is 1. The number of nitrogens with two attached hydrogens (primary N) is 1. The quantitative estimate of drug-likeness (QED) is 0.639. The molecule has 0 bridgehead atoms. The summed E-state index contributed by atoms with van der Waals surface area (Å²) in [6.45, 7) is 1.94. The van der Waals surface area contributed by atoms with Gasteiger partial charge in [0, 0.05) is 17.0 Å². The first-order chi connectivity index (χ1) is 9.20. The molecule has 0 saturated heterocycles. The van der Waals surface area contributed by atoms with E-state index in [4.69, 9.17) is 5.84 Å². The van der Waals surface area contributed by atoms with E-state index in [1.54, 1.807) is 6.07 Å². The molecular weight excluding hydrogens is 241 g/mol. The molecule has 100 valence electrons. The second kappa shape index (κ2) is 4.78. The van der Waals surface area contributed by atoms with Gasteiger partial charge in [0.05, 0.1) is 5.69 Å². The molecule has 3 nitrogen and oxygen atoms in total. The van der Waals surface area contributed by atoms with E-state index < -0.39 is 0 Å². The molecular formula is C15H18FN3. The van der Waals surface area contributed by atoms with Crippen LogP contribution in [0.4, 0.5) is 10.1 Å². The van der Waals surface area contributed by atoms with Crippen LogP contribution in [0, 0.1) is 12.7 Å². The van der Waals surface area contributed by atoms with Crippen LogP contribution >= 0.6 is 0 Å². The number of halogens is 1. The van der Waals surface area contributed by atoms with Crippen LogP contribution < -0.4 is 11.3 Å². The van der Waals surface area contributed by atoms with Crippen LogP contribution in [0.5, 0.6) is 0 Å². The van der Waals surface area contributed by atoms with E-state index in [-0.39, 0.29) is 5.82 Å². The Kier molecular flexibility index (Phi) is 3.11. The zero-order valence-electron chi connectivity index (χ0n) is 11.0. The third-order valence-corrected chi connectivity index (χ3v) is 4.07. The van der Waals surface area contributed by atoms with Crippen molar-refractivity contribution in [2.45, 2.75) is 38.5 Å². The Balaban J connectivity index is 2.24. The molecule has 1 aromatic carbocycles. The van der Waals surface area contributed by atoms with Crippen LogP contribution in [0.25, 0.3) is 10.9 Å². The summed E-state index contributed by atoms with van der Waals surface area (Å²) < 4.78 is 14.0. The molecule has 1 saturated carbocycles. The van der Waals surface area contributed by atoms with Crippen LogP contribution in [0.15, 0.2) is 18.2 Å². The first kappa shape index (κ1) is 12.4. The fraction of sp³-hybridized carbons (Fsp3) is 0.400. The Morgan fingerprint density at radius 2 is 2.05 bits per heavy atom. The van der Waals surface area contributed by atoms with Crippen LogP contribution in [-0.4, -0.2) is 4.98 Å². The first-order valence-electron chi connectivity index (χ1n) is 6.77. The van der Waals surface area contributed by atoms with Gasteiger partial charge in [-0.15, -0.1) is 0 Å². The standard InChI is InChI=1S/C15H18FN3/c1-9-6-7-11(16)15-14(9)13(19-17)8-12(18-15)10-4-2-3-5-10/h6-8,10H,2-5,17H2,1H3,(H,18,19). The number of anilines is 1. The van der Waals surface area contributed by atoms with E-state index >= 15 is 0 Å². The number of nitrogens with zero attached hydrogens (tertiary/aromatic N) is 1. The van der Waals surface area contributed by atoms with E-state index in [0.717, 1.165) is 35.2 Å². The second-order valence-electron chi connectivity index (χ2n) is 5.31. The molecule has 0 radical (unpaired) electrons. The van der Waals surface area contributed by atoms with E-state index in [1.807, 2.05) is 13.0 Å². The second-order valence-corrected chi connectivity index (χ2v) is 5.31. The summed E-state index contributed by atoms with van der Waals surface area (Å²) in [5.41, 5.74) is 5.83. The molecule has 1 fully saturated rings. The first-order valence-corrected chi connectivity index (χ1v) is 6.77. The summed E-state index contributed by atoms with van der Waals surface area (Å²) in [4.78, 5) is 4.56. The maximum absolute atomic E-state index is 14.0. The Morgan fingerprint density at radius 1 is 1.32 bits per heavy atom. The number of hydrazine groups is 1. The SMILES string of the molecule is Cc1ccc(F)c2nc(C3CCCC3)cc(NN)c12. The number of hydrogen-bond acceptors (Lipinski definition) is 3. The van der Waals surface area contributed by atoms with Gasteiger partial charge in [-0.1, -0.05) is 18.9 Å². The fourth-order valence-corrected chi connectivity index (χ4v) is 3.04. The average molecular weight is 259 g/mol. The monoisotopic (exact) mass is 259 g/mol. The van der Waals surface area contributed by atoms with Gasteiger partial charge in [0.25, 0.3) is 0 Å². The highest BCUT2D eigenvalue weighted by molar-refractivity contribution is 5.94. The Bertz CT molecular complexity index is 618. The minimum absolute atomic E-state index is 0.281. The van der Waals surface area contributed by atoms with Crippen molar-refractivity contribution in [1.82, 2.24) is 4.98 Å². The number of fused-ring (bicyclic) bond motifs is 1. The van der Waals surface area contributed by atoms with Crippen LogP contribution in [-0.2, 0) is 0 Å². The lowest BCUT2D eigenvalue weighted by molar-refractivity contribution is 0.633. The average Bonchev–Trinajstić information content (AvgIpc) is 2.96. The molecule has 0 spiro atoms. The van der Waals surface area contributed by atoms with Crippen molar-refractivity contribution in [3.8, 4) is 0 Å². The molecule has 1 aromatic heterocycles. The molecule has 1 aliphatic rings. The lowest BCUT2D eigenvalue weighted by Gasteiger charge is -2.15. The van der Waals surface area contributed by atoms with Gasteiger partial charge in [0.15, 0.2) is 0 Å². The molecule has 0 amide bonds. The van der Waals surface area contributed by atoms with Crippen molar-refractivity contribution in [2.75, 3.05) is 5.43 Å². The maximum Gasteiger partial charge on any atom is 0.149 e. The molecule has 0 aliphatic heterocycles. The number of aryl methyl sites for hydroxylation is 1. The summed E-state index contributed by atoms with van der Waals surface area (Å²) in [6.07, 6.45) is 4.73. The van der Waals surface area contributed by atoms with Crippen molar-refractivity contribution in [3.63, 3.8) is 0 Å². The molecule has 1 heterocycles. The summed E-state index contributed by atoms with van der Waals surface area (Å²) >= 11 is 0. The molecule has 3 rings (SSSR count). The zero-order chi connectivity index (χ0) is 13.4. The minimum atomic E-state index is -0.281. The zero-order valence-corrected chi connectivity index (χ0v) is 11.0. The van der Waals surface area contributed by atoms with E-state index in [0.29, 0.717) is 11.4 Å². The topological polar surface area (TPSA) is 50.9 Å².